The average molecular weight is 493 g/mol. The van der Waals surface area contributed by atoms with Gasteiger partial charge in [-0.25, -0.2) is 4.98 Å². The molecule has 3 aromatic heterocycles. The number of aromatic amines is 1. The van der Waals surface area contributed by atoms with Gasteiger partial charge in [0.05, 0.1) is 11.2 Å². The quantitative estimate of drug-likeness (QED) is 0.245. The number of nitrogens with zero attached hydrogens (tertiary/aromatic N) is 4. The van der Waals surface area contributed by atoms with Gasteiger partial charge < -0.3 is 11.1 Å². The molecule has 4 N–H and O–H groups in total. The van der Waals surface area contributed by atoms with Crippen molar-refractivity contribution in [2.45, 2.75) is 4.43 Å². The maximum atomic E-state index is 5.72. The lowest BCUT2D eigenvalue weighted by atomic mass is 10.0. The standard InChI is InChI=1S/C21H16IN7/c22-10-18-16-9-14(26-19-5-6-24-21(23)27-19)8-15(20(16)29-28-18)13-7-12-3-1-2-4-17(12)25-11-13/h1-9,11H,10H2,(H,28,29)(H3,23,24,26,27). The van der Waals surface area contributed by atoms with Crippen LogP contribution in [0.25, 0.3) is 32.9 Å². The van der Waals surface area contributed by atoms with Gasteiger partial charge in [0.2, 0.25) is 5.95 Å². The Labute approximate surface area is 179 Å². The monoisotopic (exact) mass is 493 g/mol. The lowest BCUT2D eigenvalue weighted by molar-refractivity contribution is 1.06. The lowest BCUT2D eigenvalue weighted by Gasteiger charge is -2.10. The molecule has 0 bridgehead atoms. The number of alkyl halides is 1. The number of benzene rings is 2. The van der Waals surface area contributed by atoms with Crippen LogP contribution < -0.4 is 11.1 Å². The fourth-order valence-electron chi connectivity index (χ4n) is 3.37. The highest BCUT2D eigenvalue weighted by Crippen LogP contribution is 2.34. The molecule has 0 aliphatic rings. The molecule has 0 saturated carbocycles. The van der Waals surface area contributed by atoms with Crippen LogP contribution in [0.5, 0.6) is 0 Å². The van der Waals surface area contributed by atoms with E-state index in [-0.39, 0.29) is 5.95 Å². The molecule has 0 unspecified atom stereocenters. The second-order valence-electron chi connectivity index (χ2n) is 6.60. The third kappa shape index (κ3) is 3.35. The van der Waals surface area contributed by atoms with Gasteiger partial charge in [-0.15, -0.1) is 0 Å². The highest BCUT2D eigenvalue weighted by molar-refractivity contribution is 14.1. The van der Waals surface area contributed by atoms with Gasteiger partial charge in [0.25, 0.3) is 0 Å². The smallest absolute Gasteiger partial charge is 0.221 e. The molecule has 8 heteroatoms. The van der Waals surface area contributed by atoms with Gasteiger partial charge in [-0.1, -0.05) is 40.8 Å². The highest BCUT2D eigenvalue weighted by atomic mass is 127. The molecular weight excluding hydrogens is 477 g/mol. The van der Waals surface area contributed by atoms with Gasteiger partial charge in [0.1, 0.15) is 11.3 Å². The average Bonchev–Trinajstić information content (AvgIpc) is 3.16. The van der Waals surface area contributed by atoms with Crippen molar-refractivity contribution < 1.29 is 0 Å². The Balaban J connectivity index is 1.69. The minimum atomic E-state index is 0.228. The number of fused-ring (bicyclic) bond motifs is 2. The normalized spacial score (nSPS) is 11.2. The van der Waals surface area contributed by atoms with Gasteiger partial charge in [-0.3, -0.25) is 10.1 Å². The van der Waals surface area contributed by atoms with Crippen molar-refractivity contribution in [3.63, 3.8) is 0 Å². The van der Waals surface area contributed by atoms with Crippen LogP contribution in [0.4, 0.5) is 17.5 Å². The molecular formula is C21H16IN7. The molecule has 0 amide bonds. The molecule has 3 heterocycles. The minimum absolute atomic E-state index is 0.228. The Hall–Kier alpha value is -3.27. The number of halogens is 1. The summed E-state index contributed by atoms with van der Waals surface area (Å²) in [7, 11) is 0. The van der Waals surface area contributed by atoms with Crippen LogP contribution in [0, 0.1) is 0 Å². The summed E-state index contributed by atoms with van der Waals surface area (Å²) in [4.78, 5) is 12.8. The summed E-state index contributed by atoms with van der Waals surface area (Å²) < 4.78 is 0.827. The van der Waals surface area contributed by atoms with Crippen LogP contribution in [-0.2, 0) is 4.43 Å². The first kappa shape index (κ1) is 17.8. The van der Waals surface area contributed by atoms with E-state index in [1.807, 2.05) is 24.4 Å². The number of rotatable bonds is 4. The van der Waals surface area contributed by atoms with Gasteiger partial charge in [-0.05, 0) is 30.3 Å². The number of nitrogens with two attached hydrogens (primary N) is 1. The zero-order valence-corrected chi connectivity index (χ0v) is 17.4. The number of aromatic nitrogens is 5. The molecule has 2 aromatic carbocycles. The summed E-state index contributed by atoms with van der Waals surface area (Å²) in [6, 6.07) is 16.1. The molecule has 0 atom stereocenters. The van der Waals surface area contributed by atoms with Crippen LogP contribution >= 0.6 is 22.6 Å². The summed E-state index contributed by atoms with van der Waals surface area (Å²) in [5, 5.41) is 13.2. The molecule has 5 aromatic rings. The zero-order valence-electron chi connectivity index (χ0n) is 15.2. The summed E-state index contributed by atoms with van der Waals surface area (Å²) in [6.45, 7) is 0. The van der Waals surface area contributed by atoms with Crippen molar-refractivity contribution in [3.8, 4) is 11.1 Å². The van der Waals surface area contributed by atoms with E-state index in [0.717, 1.165) is 48.7 Å². The fraction of sp³-hybridized carbons (Fsp3) is 0.0476. The molecule has 29 heavy (non-hydrogen) atoms. The summed E-state index contributed by atoms with van der Waals surface area (Å²) in [5.74, 6) is 0.866. The van der Waals surface area contributed by atoms with E-state index in [2.05, 4.69) is 77.3 Å². The molecule has 0 aliphatic carbocycles. The molecule has 142 valence electrons. The SMILES string of the molecule is Nc1nccc(Nc2cc(-c3cnc4ccccc4c3)c3n[nH]c(CI)c3c2)n1. The van der Waals surface area contributed by atoms with Gasteiger partial charge in [0.15, 0.2) is 0 Å². The summed E-state index contributed by atoms with van der Waals surface area (Å²) in [6.07, 6.45) is 3.52. The van der Waals surface area contributed by atoms with E-state index >= 15 is 0 Å². The first-order chi connectivity index (χ1) is 14.2. The van der Waals surface area contributed by atoms with Crippen molar-refractivity contribution >= 4 is 61.9 Å². The lowest BCUT2D eigenvalue weighted by Crippen LogP contribution is -1.99. The van der Waals surface area contributed by atoms with Crippen LogP contribution in [-0.4, -0.2) is 25.1 Å². The van der Waals surface area contributed by atoms with Crippen molar-refractivity contribution in [2.24, 2.45) is 0 Å². The Morgan fingerprint density at radius 2 is 1.97 bits per heavy atom. The maximum absolute atomic E-state index is 5.72. The van der Waals surface area contributed by atoms with Crippen LogP contribution in [0.3, 0.4) is 0 Å². The van der Waals surface area contributed by atoms with Crippen molar-refractivity contribution in [1.82, 2.24) is 25.1 Å². The molecule has 0 spiro atoms. The second-order valence-corrected chi connectivity index (χ2v) is 7.36. The first-order valence-corrected chi connectivity index (χ1v) is 10.5. The van der Waals surface area contributed by atoms with E-state index in [1.54, 1.807) is 12.3 Å². The van der Waals surface area contributed by atoms with E-state index in [4.69, 9.17) is 5.73 Å². The molecule has 0 aliphatic heterocycles. The van der Waals surface area contributed by atoms with Gasteiger partial charge in [0, 0.05) is 44.4 Å². The van der Waals surface area contributed by atoms with Crippen LogP contribution in [0.2, 0.25) is 0 Å². The molecule has 0 saturated heterocycles. The van der Waals surface area contributed by atoms with Crippen molar-refractivity contribution in [2.75, 3.05) is 11.1 Å². The number of hydrogen-bond acceptors (Lipinski definition) is 6. The number of H-pyrrole nitrogens is 1. The number of nitrogens with one attached hydrogen (secondary N) is 2. The van der Waals surface area contributed by atoms with Crippen molar-refractivity contribution in [3.05, 3.63) is 66.6 Å². The predicted octanol–water partition coefficient (Wildman–Crippen LogP) is 4.83. The minimum Gasteiger partial charge on any atom is -0.368 e. The topological polar surface area (TPSA) is 105 Å². The molecule has 5 rings (SSSR count). The predicted molar refractivity (Wildman–Crippen MR) is 124 cm³/mol. The van der Waals surface area contributed by atoms with Gasteiger partial charge >= 0.3 is 0 Å². The fourth-order valence-corrected chi connectivity index (χ4v) is 3.95. The maximum Gasteiger partial charge on any atom is 0.221 e. The Bertz CT molecular complexity index is 1350. The van der Waals surface area contributed by atoms with E-state index in [9.17, 15) is 0 Å². The molecule has 0 fully saturated rings. The third-order valence-corrected chi connectivity index (χ3v) is 5.48. The van der Waals surface area contributed by atoms with E-state index in [1.165, 1.54) is 0 Å². The molecule has 7 nitrogen and oxygen atoms in total. The third-order valence-electron chi connectivity index (χ3n) is 4.72. The second kappa shape index (κ2) is 7.28. The summed E-state index contributed by atoms with van der Waals surface area (Å²) >= 11 is 2.33. The summed E-state index contributed by atoms with van der Waals surface area (Å²) in [5.41, 5.74) is 11.6. The number of anilines is 3. The number of hydrogen-bond donors (Lipinski definition) is 3. The number of nitrogen functional groups attached to an aromatic ring is 1. The Kier molecular flexibility index (Phi) is 4.47. The first-order valence-electron chi connectivity index (χ1n) is 8.99. The Morgan fingerprint density at radius 1 is 1.07 bits per heavy atom. The van der Waals surface area contributed by atoms with Crippen molar-refractivity contribution in [1.29, 1.82) is 0 Å². The largest absolute Gasteiger partial charge is 0.368 e. The van der Waals surface area contributed by atoms with Crippen LogP contribution in [0.15, 0.2) is 60.9 Å². The zero-order chi connectivity index (χ0) is 19.8. The highest BCUT2D eigenvalue weighted by Gasteiger charge is 2.14. The van der Waals surface area contributed by atoms with E-state index < -0.39 is 0 Å². The Morgan fingerprint density at radius 3 is 2.83 bits per heavy atom. The number of pyridine rings is 1. The molecule has 0 radical (unpaired) electrons. The number of para-hydroxylation sites is 1. The van der Waals surface area contributed by atoms with Gasteiger partial charge in [-0.2, -0.15) is 10.1 Å². The van der Waals surface area contributed by atoms with Crippen LogP contribution in [0.1, 0.15) is 5.69 Å². The van der Waals surface area contributed by atoms with E-state index in [0.29, 0.717) is 5.82 Å².